The maximum atomic E-state index is 13.5. The third kappa shape index (κ3) is 5.15. The summed E-state index contributed by atoms with van der Waals surface area (Å²) in [5.41, 5.74) is 1.89. The Hall–Kier alpha value is -3.67. The van der Waals surface area contributed by atoms with Crippen molar-refractivity contribution in [3.8, 4) is 0 Å². The van der Waals surface area contributed by atoms with Gasteiger partial charge in [-0.3, -0.25) is 9.59 Å². The van der Waals surface area contributed by atoms with Crippen LogP contribution in [-0.4, -0.2) is 18.4 Å². The highest BCUT2D eigenvalue weighted by molar-refractivity contribution is 6.04. The summed E-state index contributed by atoms with van der Waals surface area (Å²) in [5, 5.41) is 8.24. The summed E-state index contributed by atoms with van der Waals surface area (Å²) < 4.78 is 13.5. The van der Waals surface area contributed by atoms with Gasteiger partial charge in [-0.25, -0.2) is 4.39 Å². The minimum Gasteiger partial charge on any atom is -0.374 e. The van der Waals surface area contributed by atoms with E-state index >= 15 is 0 Å². The summed E-state index contributed by atoms with van der Waals surface area (Å²) in [6.45, 7) is -0.0818. The molecule has 0 aliphatic carbocycles. The zero-order valence-electron chi connectivity index (χ0n) is 14.4. The van der Waals surface area contributed by atoms with Gasteiger partial charge in [-0.1, -0.05) is 36.4 Å². The van der Waals surface area contributed by atoms with E-state index in [1.807, 2.05) is 6.07 Å². The minimum atomic E-state index is -0.420. The fourth-order valence-electron chi connectivity index (χ4n) is 2.45. The van der Waals surface area contributed by atoms with Crippen molar-refractivity contribution in [3.05, 3.63) is 90.2 Å². The third-order valence-electron chi connectivity index (χ3n) is 3.75. The lowest BCUT2D eigenvalue weighted by atomic mass is 10.2. The first-order valence-corrected chi connectivity index (χ1v) is 8.36. The van der Waals surface area contributed by atoms with Gasteiger partial charge in [0.25, 0.3) is 5.91 Å². The molecule has 0 fully saturated rings. The molecule has 6 heteroatoms. The first-order valence-electron chi connectivity index (χ1n) is 8.36. The van der Waals surface area contributed by atoms with E-state index in [0.717, 1.165) is 0 Å². The number of carbonyl (C=O) groups excluding carboxylic acids is 2. The zero-order chi connectivity index (χ0) is 19.1. The summed E-state index contributed by atoms with van der Waals surface area (Å²) in [7, 11) is 0. The van der Waals surface area contributed by atoms with Crippen LogP contribution in [0.2, 0.25) is 0 Å². The maximum Gasteiger partial charge on any atom is 0.255 e. The highest BCUT2D eigenvalue weighted by atomic mass is 19.1. The van der Waals surface area contributed by atoms with Crippen molar-refractivity contribution in [1.82, 2.24) is 0 Å². The second kappa shape index (κ2) is 8.62. The van der Waals surface area contributed by atoms with Crippen molar-refractivity contribution >= 4 is 28.9 Å². The lowest BCUT2D eigenvalue weighted by molar-refractivity contribution is -0.114. The Bertz CT molecular complexity index is 945. The van der Waals surface area contributed by atoms with E-state index < -0.39 is 5.82 Å². The normalized spacial score (nSPS) is 10.1. The second-order valence-electron chi connectivity index (χ2n) is 5.78. The molecule has 0 saturated carbocycles. The first kappa shape index (κ1) is 18.1. The first-order chi connectivity index (χ1) is 13.1. The van der Waals surface area contributed by atoms with E-state index in [2.05, 4.69) is 16.0 Å². The van der Waals surface area contributed by atoms with Gasteiger partial charge in [0, 0.05) is 16.9 Å². The molecule has 0 bridgehead atoms. The Morgan fingerprint density at radius 2 is 1.44 bits per heavy atom. The summed E-state index contributed by atoms with van der Waals surface area (Å²) in [6.07, 6.45) is 0. The molecule has 3 rings (SSSR count). The summed E-state index contributed by atoms with van der Waals surface area (Å²) in [5.74, 6) is -0.985. The minimum absolute atomic E-state index is 0.0818. The van der Waals surface area contributed by atoms with E-state index in [1.54, 1.807) is 66.7 Å². The van der Waals surface area contributed by atoms with Gasteiger partial charge in [-0.05, 0) is 42.5 Å². The molecule has 5 nitrogen and oxygen atoms in total. The summed E-state index contributed by atoms with van der Waals surface area (Å²) in [4.78, 5) is 24.3. The zero-order valence-corrected chi connectivity index (χ0v) is 14.4. The van der Waals surface area contributed by atoms with Crippen LogP contribution in [-0.2, 0) is 4.79 Å². The lowest BCUT2D eigenvalue weighted by Gasteiger charge is -2.10. The van der Waals surface area contributed by atoms with Gasteiger partial charge in [0.05, 0.1) is 12.2 Å². The van der Waals surface area contributed by atoms with Crippen molar-refractivity contribution in [2.75, 3.05) is 22.5 Å². The predicted octanol–water partition coefficient (Wildman–Crippen LogP) is 4.13. The molecular formula is C21H18FN3O2. The molecule has 0 aromatic heterocycles. The van der Waals surface area contributed by atoms with Crippen LogP contribution in [0.4, 0.5) is 21.5 Å². The fraction of sp³-hybridized carbons (Fsp3) is 0.0476. The van der Waals surface area contributed by atoms with E-state index in [4.69, 9.17) is 0 Å². The van der Waals surface area contributed by atoms with Crippen LogP contribution >= 0.6 is 0 Å². The van der Waals surface area contributed by atoms with Gasteiger partial charge in [-0.2, -0.15) is 0 Å². The number of hydrogen-bond donors (Lipinski definition) is 3. The molecule has 0 spiro atoms. The van der Waals surface area contributed by atoms with Gasteiger partial charge < -0.3 is 16.0 Å². The molecule has 0 unspecified atom stereocenters. The standard InChI is InChI=1S/C21H18FN3O2/c22-18-11-4-5-12-19(18)23-14-20(26)24-16-9-6-10-17(13-16)25-21(27)15-7-2-1-3-8-15/h1-13,23H,14H2,(H,24,26)(H,25,27). The molecule has 3 aromatic carbocycles. The molecule has 0 aliphatic heterocycles. The van der Waals surface area contributed by atoms with E-state index in [9.17, 15) is 14.0 Å². The molecule has 136 valence electrons. The van der Waals surface area contributed by atoms with Crippen LogP contribution in [0.3, 0.4) is 0 Å². The van der Waals surface area contributed by atoms with E-state index in [1.165, 1.54) is 6.07 Å². The summed E-state index contributed by atoms with van der Waals surface area (Å²) >= 11 is 0. The number of benzene rings is 3. The molecule has 3 aromatic rings. The average Bonchev–Trinajstić information content (AvgIpc) is 2.68. The van der Waals surface area contributed by atoms with Crippen molar-refractivity contribution in [2.45, 2.75) is 0 Å². The SMILES string of the molecule is O=C(CNc1ccccc1F)Nc1cccc(NC(=O)c2ccccc2)c1. The Balaban J connectivity index is 1.58. The highest BCUT2D eigenvalue weighted by Crippen LogP contribution is 2.17. The van der Waals surface area contributed by atoms with Crippen molar-refractivity contribution in [1.29, 1.82) is 0 Å². The highest BCUT2D eigenvalue weighted by Gasteiger charge is 2.08. The number of rotatable bonds is 6. The molecular weight excluding hydrogens is 345 g/mol. The van der Waals surface area contributed by atoms with Crippen molar-refractivity contribution in [3.63, 3.8) is 0 Å². The number of amides is 2. The lowest BCUT2D eigenvalue weighted by Crippen LogP contribution is -2.22. The van der Waals surface area contributed by atoms with Crippen LogP contribution in [0.15, 0.2) is 78.9 Å². The topological polar surface area (TPSA) is 70.2 Å². The number of nitrogens with one attached hydrogen (secondary N) is 3. The van der Waals surface area contributed by atoms with Crippen LogP contribution in [0.1, 0.15) is 10.4 Å². The molecule has 27 heavy (non-hydrogen) atoms. The van der Waals surface area contributed by atoms with Crippen molar-refractivity contribution < 1.29 is 14.0 Å². The van der Waals surface area contributed by atoms with Gasteiger partial charge in [0.2, 0.25) is 5.91 Å². The monoisotopic (exact) mass is 363 g/mol. The number of hydrogen-bond acceptors (Lipinski definition) is 3. The Kier molecular flexibility index (Phi) is 5.79. The number of carbonyl (C=O) groups is 2. The molecule has 0 aliphatic rings. The largest absolute Gasteiger partial charge is 0.374 e. The maximum absolute atomic E-state index is 13.5. The Labute approximate surface area is 156 Å². The number of anilines is 3. The van der Waals surface area contributed by atoms with Crippen LogP contribution < -0.4 is 16.0 Å². The quantitative estimate of drug-likeness (QED) is 0.617. The summed E-state index contributed by atoms with van der Waals surface area (Å²) in [6, 6.07) is 21.8. The third-order valence-corrected chi connectivity index (χ3v) is 3.75. The molecule has 2 amide bonds. The molecule has 0 atom stereocenters. The van der Waals surface area contributed by atoms with E-state index in [0.29, 0.717) is 16.9 Å². The number of halogens is 1. The smallest absolute Gasteiger partial charge is 0.255 e. The van der Waals surface area contributed by atoms with Gasteiger partial charge in [-0.15, -0.1) is 0 Å². The van der Waals surface area contributed by atoms with Gasteiger partial charge in [0.15, 0.2) is 0 Å². The van der Waals surface area contributed by atoms with Gasteiger partial charge in [0.1, 0.15) is 5.82 Å². The molecule has 0 radical (unpaired) electrons. The predicted molar refractivity (Wildman–Crippen MR) is 104 cm³/mol. The Morgan fingerprint density at radius 3 is 2.19 bits per heavy atom. The molecule has 3 N–H and O–H groups in total. The second-order valence-corrected chi connectivity index (χ2v) is 5.78. The van der Waals surface area contributed by atoms with E-state index in [-0.39, 0.29) is 24.0 Å². The average molecular weight is 363 g/mol. The van der Waals surface area contributed by atoms with Crippen LogP contribution in [0, 0.1) is 5.82 Å². The Morgan fingerprint density at radius 1 is 0.778 bits per heavy atom. The van der Waals surface area contributed by atoms with Crippen LogP contribution in [0.25, 0.3) is 0 Å². The molecule has 0 saturated heterocycles. The van der Waals surface area contributed by atoms with Crippen LogP contribution in [0.5, 0.6) is 0 Å². The molecule has 0 heterocycles. The van der Waals surface area contributed by atoms with Crippen molar-refractivity contribution in [2.24, 2.45) is 0 Å². The number of para-hydroxylation sites is 1. The fourth-order valence-corrected chi connectivity index (χ4v) is 2.45. The van der Waals surface area contributed by atoms with Gasteiger partial charge >= 0.3 is 0 Å².